The van der Waals surface area contributed by atoms with E-state index >= 15 is 0 Å². The Morgan fingerprint density at radius 2 is 1.95 bits per heavy atom. The second kappa shape index (κ2) is 10.3. The number of fused-ring (bicyclic) bond motifs is 2. The zero-order valence-electron chi connectivity index (χ0n) is 23.0. The van der Waals surface area contributed by atoms with Crippen molar-refractivity contribution in [1.29, 1.82) is 0 Å². The van der Waals surface area contributed by atoms with Gasteiger partial charge in [-0.25, -0.2) is 23.3 Å². The molecule has 1 aliphatic carbocycles. The maximum atomic E-state index is 13.1. The van der Waals surface area contributed by atoms with E-state index in [0.29, 0.717) is 22.7 Å². The zero-order valence-corrected chi connectivity index (χ0v) is 23.0. The Labute approximate surface area is 240 Å². The summed E-state index contributed by atoms with van der Waals surface area (Å²) in [7, 11) is 2.13. The van der Waals surface area contributed by atoms with E-state index in [0.717, 1.165) is 54.2 Å². The summed E-state index contributed by atoms with van der Waals surface area (Å²) in [5, 5.41) is 11.2. The van der Waals surface area contributed by atoms with Crippen molar-refractivity contribution in [3.63, 3.8) is 0 Å². The molecular weight excluding hydrogens is 542 g/mol. The number of amides is 1. The van der Waals surface area contributed by atoms with Gasteiger partial charge < -0.3 is 25.4 Å². The molecule has 1 aliphatic heterocycles. The van der Waals surface area contributed by atoms with Crippen molar-refractivity contribution >= 4 is 39.9 Å². The Kier molecular flexibility index (Phi) is 6.45. The molecule has 5 aromatic heterocycles. The predicted octanol–water partition coefficient (Wildman–Crippen LogP) is 3.94. The smallest absolute Gasteiger partial charge is 0.255 e. The molecule has 1 amide bonds. The van der Waals surface area contributed by atoms with Crippen LogP contribution in [0, 0.1) is 5.92 Å². The van der Waals surface area contributed by atoms with E-state index in [9.17, 15) is 13.6 Å². The minimum atomic E-state index is -2.61. The van der Waals surface area contributed by atoms with Crippen molar-refractivity contribution in [3.05, 3.63) is 60.8 Å². The van der Waals surface area contributed by atoms with E-state index in [1.54, 1.807) is 23.1 Å². The van der Waals surface area contributed by atoms with Crippen LogP contribution in [0.4, 0.5) is 26.2 Å². The van der Waals surface area contributed by atoms with Crippen molar-refractivity contribution < 1.29 is 13.6 Å². The van der Waals surface area contributed by atoms with Gasteiger partial charge in [-0.1, -0.05) is 0 Å². The van der Waals surface area contributed by atoms with Crippen LogP contribution in [0.15, 0.2) is 55.2 Å². The summed E-state index contributed by atoms with van der Waals surface area (Å²) in [6, 6.07) is 7.69. The Bertz CT molecular complexity index is 1770. The van der Waals surface area contributed by atoms with Gasteiger partial charge in [0.25, 0.3) is 5.91 Å². The first-order chi connectivity index (χ1) is 20.3. The molecule has 42 heavy (non-hydrogen) atoms. The number of aromatic amines is 1. The number of nitrogens with zero attached hydrogens (tertiary/aromatic N) is 7. The van der Waals surface area contributed by atoms with E-state index in [1.807, 2.05) is 30.5 Å². The van der Waals surface area contributed by atoms with Gasteiger partial charge in [-0.3, -0.25) is 4.79 Å². The molecule has 1 saturated heterocycles. The lowest BCUT2D eigenvalue weighted by Gasteiger charge is -2.34. The molecule has 2 fully saturated rings. The lowest BCUT2D eigenvalue weighted by molar-refractivity contribution is -0.108. The molecule has 0 unspecified atom stereocenters. The second-order valence-corrected chi connectivity index (χ2v) is 11.1. The highest BCUT2D eigenvalue weighted by Gasteiger charge is 2.45. The molecule has 2 aliphatic rings. The molecule has 6 heterocycles. The molecule has 0 spiro atoms. The number of H-pyrrole nitrogens is 1. The first-order valence-electron chi connectivity index (χ1n) is 14.0. The summed E-state index contributed by atoms with van der Waals surface area (Å²) in [6.07, 6.45) is 8.31. The fourth-order valence-corrected chi connectivity index (χ4v) is 5.62. The number of piperazine rings is 1. The summed E-state index contributed by atoms with van der Waals surface area (Å²) >= 11 is 0. The van der Waals surface area contributed by atoms with Gasteiger partial charge in [0.05, 0.1) is 17.3 Å². The van der Waals surface area contributed by atoms with Gasteiger partial charge in [0.15, 0.2) is 0 Å². The van der Waals surface area contributed by atoms with E-state index in [2.05, 4.69) is 52.5 Å². The second-order valence-electron chi connectivity index (χ2n) is 11.1. The number of carbonyl (C=O) groups is 1. The number of alkyl halides is 2. The monoisotopic (exact) mass is 572 g/mol. The number of nitrogens with one attached hydrogen (secondary N) is 3. The Balaban J connectivity index is 1.08. The normalized spacial score (nSPS) is 17.5. The Morgan fingerprint density at radius 3 is 2.76 bits per heavy atom. The van der Waals surface area contributed by atoms with Crippen LogP contribution >= 0.6 is 0 Å². The first-order valence-corrected chi connectivity index (χ1v) is 14.0. The van der Waals surface area contributed by atoms with E-state index < -0.39 is 5.92 Å². The van der Waals surface area contributed by atoms with Gasteiger partial charge in [0, 0.05) is 93.1 Å². The summed E-state index contributed by atoms with van der Waals surface area (Å²) in [6.45, 7) is 4.08. The number of halogens is 2. The highest BCUT2D eigenvalue weighted by molar-refractivity contribution is 6.02. The number of aromatic nitrogens is 6. The maximum Gasteiger partial charge on any atom is 0.255 e. The number of hydrogen-bond acceptors (Lipinski definition) is 8. The average Bonchev–Trinajstić information content (AvgIpc) is 3.59. The molecule has 7 rings (SSSR count). The van der Waals surface area contributed by atoms with Crippen LogP contribution in [-0.2, 0) is 0 Å². The van der Waals surface area contributed by atoms with Crippen molar-refractivity contribution in [1.82, 2.24) is 39.8 Å². The zero-order chi connectivity index (χ0) is 28.8. The maximum absolute atomic E-state index is 13.1. The number of carbonyl (C=O) groups excluding carboxylic acids is 1. The number of likely N-dealkylation sites (N-methyl/N-ethyl adjacent to an activating group) is 1. The Hall–Kier alpha value is -4.65. The van der Waals surface area contributed by atoms with Gasteiger partial charge in [-0.05, 0) is 36.7 Å². The van der Waals surface area contributed by atoms with E-state index in [1.165, 1.54) is 6.20 Å². The molecular formula is C29H30F2N10O. The van der Waals surface area contributed by atoms with Gasteiger partial charge in [-0.15, -0.1) is 0 Å². The molecule has 0 aromatic carbocycles. The topological polar surface area (TPSA) is 119 Å². The molecule has 0 atom stereocenters. The number of rotatable bonds is 7. The molecule has 11 nitrogen and oxygen atoms in total. The van der Waals surface area contributed by atoms with Crippen molar-refractivity contribution in [2.75, 3.05) is 50.0 Å². The molecule has 3 N–H and O–H groups in total. The molecule has 216 valence electrons. The third kappa shape index (κ3) is 5.11. The lowest BCUT2D eigenvalue weighted by atomic mass is 9.81. The highest BCUT2D eigenvalue weighted by atomic mass is 19.3. The van der Waals surface area contributed by atoms with Crippen LogP contribution in [0.1, 0.15) is 23.2 Å². The predicted molar refractivity (Wildman–Crippen MR) is 155 cm³/mol. The molecule has 13 heteroatoms. The highest BCUT2D eigenvalue weighted by Crippen LogP contribution is 2.42. The minimum Gasteiger partial charge on any atom is -0.354 e. The van der Waals surface area contributed by atoms with Crippen LogP contribution in [0.5, 0.6) is 0 Å². The van der Waals surface area contributed by atoms with Crippen LogP contribution < -0.4 is 15.5 Å². The fraction of sp³-hybridized carbons (Fsp3) is 0.345. The molecule has 0 radical (unpaired) electrons. The van der Waals surface area contributed by atoms with E-state index in [-0.39, 0.29) is 31.2 Å². The molecule has 5 aromatic rings. The summed E-state index contributed by atoms with van der Waals surface area (Å²) < 4.78 is 27.9. The third-order valence-electron chi connectivity index (χ3n) is 8.06. The van der Waals surface area contributed by atoms with E-state index in [4.69, 9.17) is 0 Å². The molecule has 0 bridgehead atoms. The quantitative estimate of drug-likeness (QED) is 0.268. The standard InChI is InChI=1S/C29H30F2N10O/c1-39-6-8-40(9-7-39)25-11-20(2-4-32-25)37-28-35-16-22-21(15-33-26(22)38-28)19-3-5-41-24(10-19)23(17-36-41)27(42)34-14-18-12-29(30,31)13-18/h2-5,10-11,15-18H,6-9,12-14H2,1H3,(H,34,42)(H2,32,33,35,37,38). The van der Waals surface area contributed by atoms with Crippen LogP contribution in [0.3, 0.4) is 0 Å². The average molecular weight is 573 g/mol. The van der Waals surface area contributed by atoms with Gasteiger partial charge in [0.1, 0.15) is 11.5 Å². The lowest BCUT2D eigenvalue weighted by Crippen LogP contribution is -2.44. The van der Waals surface area contributed by atoms with Gasteiger partial charge in [-0.2, -0.15) is 10.1 Å². The molecule has 1 saturated carbocycles. The van der Waals surface area contributed by atoms with Crippen LogP contribution in [0.25, 0.3) is 27.7 Å². The van der Waals surface area contributed by atoms with Crippen molar-refractivity contribution in [3.8, 4) is 11.1 Å². The summed E-state index contributed by atoms with van der Waals surface area (Å²) in [4.78, 5) is 34.4. The Morgan fingerprint density at radius 1 is 1.12 bits per heavy atom. The van der Waals surface area contributed by atoms with Crippen LogP contribution in [0.2, 0.25) is 0 Å². The largest absolute Gasteiger partial charge is 0.354 e. The minimum absolute atomic E-state index is 0.188. The number of anilines is 3. The van der Waals surface area contributed by atoms with Gasteiger partial charge in [0.2, 0.25) is 11.9 Å². The van der Waals surface area contributed by atoms with Gasteiger partial charge >= 0.3 is 0 Å². The number of pyridine rings is 2. The van der Waals surface area contributed by atoms with Crippen molar-refractivity contribution in [2.24, 2.45) is 5.92 Å². The number of hydrogen-bond donors (Lipinski definition) is 3. The first kappa shape index (κ1) is 26.3. The van der Waals surface area contributed by atoms with Crippen LogP contribution in [-0.4, -0.2) is 86.1 Å². The third-order valence-corrected chi connectivity index (χ3v) is 8.06. The fourth-order valence-electron chi connectivity index (χ4n) is 5.62. The summed E-state index contributed by atoms with van der Waals surface area (Å²) in [5.41, 5.74) is 4.26. The van der Waals surface area contributed by atoms with Crippen molar-refractivity contribution in [2.45, 2.75) is 18.8 Å². The summed E-state index contributed by atoms with van der Waals surface area (Å²) in [5.74, 6) is -1.77. The SMILES string of the molecule is CN1CCN(c2cc(Nc3ncc4c(-c5ccn6ncc(C(=O)NCC7CC(F)(F)C7)c6c5)c[nH]c4n3)ccn2)CC1.